The van der Waals surface area contributed by atoms with E-state index in [0.717, 1.165) is 12.1 Å². The van der Waals surface area contributed by atoms with Gasteiger partial charge in [0.05, 0.1) is 5.56 Å². The number of benzene rings is 1. The molecular formula is C13H16F2N2O2. The van der Waals surface area contributed by atoms with Gasteiger partial charge in [-0.3, -0.25) is 4.79 Å². The number of carbonyl (C=O) groups excluding carboxylic acids is 1. The highest BCUT2D eigenvalue weighted by molar-refractivity contribution is 5.99. The number of rotatable bonds is 2. The van der Waals surface area contributed by atoms with E-state index < -0.39 is 23.1 Å². The van der Waals surface area contributed by atoms with Gasteiger partial charge in [-0.2, -0.15) is 0 Å². The molecule has 0 saturated carbocycles. The summed E-state index contributed by atoms with van der Waals surface area (Å²) in [5.74, 6) is -2.65. The van der Waals surface area contributed by atoms with Gasteiger partial charge in [0.1, 0.15) is 0 Å². The van der Waals surface area contributed by atoms with Crippen LogP contribution in [0.2, 0.25) is 0 Å². The van der Waals surface area contributed by atoms with Crippen LogP contribution >= 0.6 is 0 Å². The maximum absolute atomic E-state index is 13.2. The third-order valence-corrected chi connectivity index (χ3v) is 3.35. The van der Waals surface area contributed by atoms with Crippen molar-refractivity contribution in [2.75, 3.05) is 18.9 Å². The molecule has 19 heavy (non-hydrogen) atoms. The van der Waals surface area contributed by atoms with Gasteiger partial charge in [-0.05, 0) is 25.8 Å². The molecule has 0 aliphatic carbocycles. The smallest absolute Gasteiger partial charge is 0.253 e. The Labute approximate surface area is 109 Å². The second-order valence-electron chi connectivity index (χ2n) is 4.98. The molecule has 1 heterocycles. The predicted octanol–water partition coefficient (Wildman–Crippen LogP) is 1.85. The van der Waals surface area contributed by atoms with Crippen LogP contribution in [0.4, 0.5) is 14.5 Å². The second-order valence-corrected chi connectivity index (χ2v) is 4.98. The Kier molecular flexibility index (Phi) is 3.71. The standard InChI is InChI=1S/C13H16F2N2O2/c1-13(2-4-19-5-3-13)17-12(18)8-6-9(14)10(15)7-11(8)16/h6-7H,2-5,16H2,1H3,(H,17,18). The number of amides is 1. The Bertz CT molecular complexity index is 500. The molecule has 1 aromatic carbocycles. The fourth-order valence-electron chi connectivity index (χ4n) is 2.05. The Hall–Kier alpha value is -1.69. The summed E-state index contributed by atoms with van der Waals surface area (Å²) < 4.78 is 31.3. The van der Waals surface area contributed by atoms with E-state index in [1.807, 2.05) is 6.92 Å². The number of hydrogen-bond donors (Lipinski definition) is 2. The number of carbonyl (C=O) groups is 1. The minimum atomic E-state index is -1.09. The molecular weight excluding hydrogens is 254 g/mol. The van der Waals surface area contributed by atoms with Crippen LogP contribution in [-0.4, -0.2) is 24.7 Å². The zero-order valence-electron chi connectivity index (χ0n) is 10.6. The number of anilines is 1. The lowest BCUT2D eigenvalue weighted by molar-refractivity contribution is 0.0423. The number of hydrogen-bond acceptors (Lipinski definition) is 3. The van der Waals surface area contributed by atoms with E-state index in [1.54, 1.807) is 0 Å². The largest absolute Gasteiger partial charge is 0.398 e. The SMILES string of the molecule is CC1(NC(=O)c2cc(F)c(F)cc2N)CCOCC1. The number of halogens is 2. The van der Waals surface area contributed by atoms with E-state index >= 15 is 0 Å². The molecule has 6 heteroatoms. The first-order valence-corrected chi connectivity index (χ1v) is 6.06. The first-order chi connectivity index (χ1) is 8.91. The van der Waals surface area contributed by atoms with Crippen molar-refractivity contribution < 1.29 is 18.3 Å². The second kappa shape index (κ2) is 5.13. The van der Waals surface area contributed by atoms with Gasteiger partial charge in [0.15, 0.2) is 11.6 Å². The summed E-state index contributed by atoms with van der Waals surface area (Å²) in [6.45, 7) is 3.01. The normalized spacial score (nSPS) is 18.1. The highest BCUT2D eigenvalue weighted by atomic mass is 19.2. The molecule has 4 nitrogen and oxygen atoms in total. The highest BCUT2D eigenvalue weighted by Gasteiger charge is 2.30. The summed E-state index contributed by atoms with van der Waals surface area (Å²) in [5, 5.41) is 2.81. The molecule has 1 fully saturated rings. The topological polar surface area (TPSA) is 64.4 Å². The summed E-state index contributed by atoms with van der Waals surface area (Å²) in [7, 11) is 0. The minimum Gasteiger partial charge on any atom is -0.398 e. The van der Waals surface area contributed by atoms with E-state index in [0.29, 0.717) is 26.1 Å². The molecule has 3 N–H and O–H groups in total. The van der Waals surface area contributed by atoms with Gasteiger partial charge in [0, 0.05) is 30.5 Å². The van der Waals surface area contributed by atoms with Gasteiger partial charge in [0.2, 0.25) is 0 Å². The molecule has 1 amide bonds. The molecule has 0 unspecified atom stereocenters. The molecule has 0 radical (unpaired) electrons. The van der Waals surface area contributed by atoms with E-state index in [2.05, 4.69) is 5.32 Å². The molecule has 1 aromatic rings. The average Bonchev–Trinajstić information content (AvgIpc) is 2.34. The summed E-state index contributed by atoms with van der Waals surface area (Å²) in [4.78, 5) is 12.1. The summed E-state index contributed by atoms with van der Waals surface area (Å²) in [6.07, 6.45) is 1.34. The Balaban J connectivity index is 2.18. The monoisotopic (exact) mass is 270 g/mol. The zero-order chi connectivity index (χ0) is 14.0. The van der Waals surface area contributed by atoms with E-state index in [-0.39, 0.29) is 11.3 Å². The lowest BCUT2D eigenvalue weighted by Crippen LogP contribution is -2.49. The fourth-order valence-corrected chi connectivity index (χ4v) is 2.05. The molecule has 2 rings (SSSR count). The van der Waals surface area contributed by atoms with Crippen LogP contribution < -0.4 is 11.1 Å². The third-order valence-electron chi connectivity index (χ3n) is 3.35. The van der Waals surface area contributed by atoms with Crippen LogP contribution in [0.1, 0.15) is 30.1 Å². The highest BCUT2D eigenvalue weighted by Crippen LogP contribution is 2.22. The Morgan fingerprint density at radius 1 is 1.32 bits per heavy atom. The van der Waals surface area contributed by atoms with Crippen molar-refractivity contribution in [1.82, 2.24) is 5.32 Å². The van der Waals surface area contributed by atoms with Crippen LogP contribution in [-0.2, 0) is 4.74 Å². The van der Waals surface area contributed by atoms with Crippen LogP contribution in [0.15, 0.2) is 12.1 Å². The number of nitrogen functional groups attached to an aromatic ring is 1. The van der Waals surface area contributed by atoms with Gasteiger partial charge >= 0.3 is 0 Å². The molecule has 0 aromatic heterocycles. The lowest BCUT2D eigenvalue weighted by Gasteiger charge is -2.34. The van der Waals surface area contributed by atoms with Crippen molar-refractivity contribution in [1.29, 1.82) is 0 Å². The zero-order valence-corrected chi connectivity index (χ0v) is 10.6. The molecule has 0 atom stereocenters. The molecule has 1 aliphatic heterocycles. The summed E-state index contributed by atoms with van der Waals surface area (Å²) in [5.41, 5.74) is 5.01. The van der Waals surface area contributed by atoms with E-state index in [4.69, 9.17) is 10.5 Å². The number of ether oxygens (including phenoxy) is 1. The Morgan fingerprint density at radius 2 is 1.89 bits per heavy atom. The molecule has 1 aliphatic rings. The lowest BCUT2D eigenvalue weighted by atomic mass is 9.92. The quantitative estimate of drug-likeness (QED) is 0.806. The van der Waals surface area contributed by atoms with Crippen molar-refractivity contribution in [3.05, 3.63) is 29.3 Å². The fraction of sp³-hybridized carbons (Fsp3) is 0.462. The minimum absolute atomic E-state index is 0.0494. The number of nitrogens with one attached hydrogen (secondary N) is 1. The van der Waals surface area contributed by atoms with Crippen LogP contribution in [0, 0.1) is 11.6 Å². The first kappa shape index (κ1) is 13.7. The first-order valence-electron chi connectivity index (χ1n) is 6.06. The van der Waals surface area contributed by atoms with E-state index in [1.165, 1.54) is 0 Å². The van der Waals surface area contributed by atoms with Crippen molar-refractivity contribution in [2.45, 2.75) is 25.3 Å². The summed E-state index contributed by atoms with van der Waals surface area (Å²) >= 11 is 0. The van der Waals surface area contributed by atoms with Gasteiger partial charge < -0.3 is 15.8 Å². The van der Waals surface area contributed by atoms with Crippen LogP contribution in [0.3, 0.4) is 0 Å². The van der Waals surface area contributed by atoms with Crippen molar-refractivity contribution >= 4 is 11.6 Å². The molecule has 0 bridgehead atoms. The van der Waals surface area contributed by atoms with Gasteiger partial charge in [-0.25, -0.2) is 8.78 Å². The van der Waals surface area contributed by atoms with Gasteiger partial charge in [0.25, 0.3) is 5.91 Å². The van der Waals surface area contributed by atoms with Gasteiger partial charge in [-0.1, -0.05) is 0 Å². The molecule has 0 spiro atoms. The van der Waals surface area contributed by atoms with E-state index in [9.17, 15) is 13.6 Å². The molecule has 104 valence electrons. The van der Waals surface area contributed by atoms with Crippen molar-refractivity contribution in [3.63, 3.8) is 0 Å². The Morgan fingerprint density at radius 3 is 2.53 bits per heavy atom. The maximum Gasteiger partial charge on any atom is 0.253 e. The van der Waals surface area contributed by atoms with Crippen LogP contribution in [0.25, 0.3) is 0 Å². The number of nitrogens with two attached hydrogens (primary N) is 1. The third kappa shape index (κ3) is 3.01. The molecule has 1 saturated heterocycles. The predicted molar refractivity (Wildman–Crippen MR) is 66.7 cm³/mol. The average molecular weight is 270 g/mol. The van der Waals surface area contributed by atoms with Gasteiger partial charge in [-0.15, -0.1) is 0 Å². The van der Waals surface area contributed by atoms with Crippen molar-refractivity contribution in [3.8, 4) is 0 Å². The van der Waals surface area contributed by atoms with Crippen molar-refractivity contribution in [2.24, 2.45) is 0 Å². The summed E-state index contributed by atoms with van der Waals surface area (Å²) in [6, 6.07) is 1.64. The van der Waals surface area contributed by atoms with Crippen LogP contribution in [0.5, 0.6) is 0 Å². The maximum atomic E-state index is 13.2.